The summed E-state index contributed by atoms with van der Waals surface area (Å²) < 4.78 is 50.2. The van der Waals surface area contributed by atoms with E-state index in [1.807, 2.05) is 22.8 Å². The van der Waals surface area contributed by atoms with Crippen LogP contribution < -0.4 is 14.4 Å². The fourth-order valence-corrected chi connectivity index (χ4v) is 7.27. The van der Waals surface area contributed by atoms with Gasteiger partial charge in [0.25, 0.3) is 5.79 Å². The van der Waals surface area contributed by atoms with Crippen LogP contribution in [0.25, 0.3) is 11.0 Å². The topological polar surface area (TPSA) is 89.3 Å². The van der Waals surface area contributed by atoms with Gasteiger partial charge in [0.05, 0.1) is 41.5 Å². The van der Waals surface area contributed by atoms with Crippen molar-refractivity contribution in [3.05, 3.63) is 82.1 Å². The minimum absolute atomic E-state index is 0.0135. The fraction of sp³-hybridized carbons (Fsp3) is 0.394. The first-order valence-corrected chi connectivity index (χ1v) is 15.6. The van der Waals surface area contributed by atoms with E-state index < -0.39 is 23.4 Å². The number of carbonyl (C=O) groups is 1. The second-order valence-electron chi connectivity index (χ2n) is 12.3. The molecule has 0 bridgehead atoms. The van der Waals surface area contributed by atoms with E-state index >= 15 is 4.39 Å². The molecule has 1 aliphatic carbocycles. The maximum absolute atomic E-state index is 15.1. The van der Waals surface area contributed by atoms with Crippen LogP contribution in [0.2, 0.25) is 5.02 Å². The average molecular weight is 637 g/mol. The number of benzene rings is 3. The van der Waals surface area contributed by atoms with Crippen LogP contribution in [-0.2, 0) is 23.6 Å². The zero-order valence-corrected chi connectivity index (χ0v) is 25.3. The second kappa shape index (κ2) is 10.6. The Balaban J connectivity index is 1.06. The smallest absolute Gasteiger partial charge is 0.335 e. The monoisotopic (exact) mass is 636 g/mol. The van der Waals surface area contributed by atoms with Crippen molar-refractivity contribution < 1.29 is 32.9 Å². The van der Waals surface area contributed by atoms with Gasteiger partial charge in [0.2, 0.25) is 0 Å². The Kier molecular flexibility index (Phi) is 6.70. The van der Waals surface area contributed by atoms with Crippen molar-refractivity contribution in [2.24, 2.45) is 0 Å². The highest BCUT2D eigenvalue weighted by molar-refractivity contribution is 6.30. The molecule has 4 aliphatic rings. The summed E-state index contributed by atoms with van der Waals surface area (Å²) in [6, 6.07) is 13.2. The first-order valence-electron chi connectivity index (χ1n) is 15.2. The summed E-state index contributed by atoms with van der Waals surface area (Å²) in [5.41, 5.74) is 1.71. The van der Waals surface area contributed by atoms with E-state index in [9.17, 15) is 14.3 Å². The minimum atomic E-state index is -1.34. The average Bonchev–Trinajstić information content (AvgIpc) is 3.48. The summed E-state index contributed by atoms with van der Waals surface area (Å²) in [7, 11) is 0. The molecule has 3 aromatic carbocycles. The number of anilines is 1. The summed E-state index contributed by atoms with van der Waals surface area (Å²) in [5.74, 6) is -1.83. The summed E-state index contributed by atoms with van der Waals surface area (Å²) in [6.07, 6.45) is 2.85. The van der Waals surface area contributed by atoms with Gasteiger partial charge < -0.3 is 28.8 Å². The zero-order valence-electron chi connectivity index (χ0n) is 24.5. The van der Waals surface area contributed by atoms with Crippen LogP contribution in [0.3, 0.4) is 0 Å². The highest BCUT2D eigenvalue weighted by atomic mass is 35.5. The number of ether oxygens (including phenoxy) is 3. The van der Waals surface area contributed by atoms with Crippen LogP contribution in [0.1, 0.15) is 47.9 Å². The Hall–Kier alpha value is -3.93. The van der Waals surface area contributed by atoms with Crippen molar-refractivity contribution in [2.75, 3.05) is 24.6 Å². The van der Waals surface area contributed by atoms with Gasteiger partial charge in [0.1, 0.15) is 17.2 Å². The lowest BCUT2D eigenvalue weighted by molar-refractivity contribution is -0.0706. The molecule has 4 aromatic rings. The number of hydrogen-bond donors (Lipinski definition) is 1. The number of para-hydroxylation sites is 1. The Morgan fingerprint density at radius 3 is 2.60 bits per heavy atom. The molecule has 4 heterocycles. The van der Waals surface area contributed by atoms with E-state index in [4.69, 9.17) is 30.8 Å². The summed E-state index contributed by atoms with van der Waals surface area (Å²) >= 11 is 5.99. The first kappa shape index (κ1) is 28.5. The lowest BCUT2D eigenvalue weighted by Gasteiger charge is -2.54. The van der Waals surface area contributed by atoms with Crippen LogP contribution >= 0.6 is 11.6 Å². The normalized spacial score (nSPS) is 25.6. The lowest BCUT2D eigenvalue weighted by Crippen LogP contribution is -2.64. The van der Waals surface area contributed by atoms with Crippen molar-refractivity contribution >= 4 is 34.3 Å². The van der Waals surface area contributed by atoms with Crippen molar-refractivity contribution in [3.63, 3.8) is 0 Å². The molecule has 3 aliphatic heterocycles. The van der Waals surface area contributed by atoms with Gasteiger partial charge in [-0.25, -0.2) is 18.6 Å². The Morgan fingerprint density at radius 1 is 1.07 bits per heavy atom. The molecule has 0 spiro atoms. The lowest BCUT2D eigenvalue weighted by atomic mass is 9.81. The van der Waals surface area contributed by atoms with Gasteiger partial charge in [0, 0.05) is 43.7 Å². The first-order chi connectivity index (χ1) is 21.7. The molecule has 4 atom stereocenters. The summed E-state index contributed by atoms with van der Waals surface area (Å²) in [4.78, 5) is 21.1. The number of carboxylic acid groups (broad SMARTS) is 1. The predicted molar refractivity (Wildman–Crippen MR) is 162 cm³/mol. The number of imidazole rings is 1. The van der Waals surface area contributed by atoms with Gasteiger partial charge in [-0.3, -0.25) is 4.90 Å². The summed E-state index contributed by atoms with van der Waals surface area (Å²) in [5, 5.41) is 9.85. The van der Waals surface area contributed by atoms with E-state index in [1.165, 1.54) is 12.1 Å². The van der Waals surface area contributed by atoms with Gasteiger partial charge in [-0.1, -0.05) is 17.7 Å². The standard InChI is InChI=1S/C33H31ClF2N4O5/c1-33(21-6-5-19(34)15-22(21)35)44-28-4-2-3-26(31(28)45-33)39-11-10-38(24-7-8-25(24)39)17-29-37-30-23(36)13-18(32(41)42)14-27(30)40(29)16-20-9-12-43-20/h2-6,13-15,20,24-25H,7-12,16-17H2,1H3,(H,41,42)/t20-,24+,25+,33-/m0/s1. The number of rotatable bonds is 7. The third kappa shape index (κ3) is 4.71. The molecular weight excluding hydrogens is 606 g/mol. The fourth-order valence-electron chi connectivity index (χ4n) is 7.12. The molecule has 12 heteroatoms. The van der Waals surface area contributed by atoms with E-state index in [0.717, 1.165) is 37.6 Å². The molecule has 1 aromatic heterocycles. The molecule has 1 N–H and O–H groups in total. The highest BCUT2D eigenvalue weighted by Gasteiger charge is 2.47. The van der Waals surface area contributed by atoms with Gasteiger partial charge in [-0.05, 0) is 61.7 Å². The van der Waals surface area contributed by atoms with Crippen LogP contribution in [0, 0.1) is 11.6 Å². The van der Waals surface area contributed by atoms with Crippen molar-refractivity contribution in [3.8, 4) is 11.5 Å². The largest absolute Gasteiger partial charge is 0.478 e. The number of carboxylic acids is 1. The van der Waals surface area contributed by atoms with Gasteiger partial charge in [-0.2, -0.15) is 0 Å². The van der Waals surface area contributed by atoms with Gasteiger partial charge in [-0.15, -0.1) is 0 Å². The minimum Gasteiger partial charge on any atom is -0.478 e. The number of nitrogens with zero attached hydrogens (tertiary/aromatic N) is 4. The summed E-state index contributed by atoms with van der Waals surface area (Å²) in [6.45, 7) is 4.80. The molecule has 234 valence electrons. The number of halogens is 3. The zero-order chi connectivity index (χ0) is 31.0. The van der Waals surface area contributed by atoms with Gasteiger partial charge >= 0.3 is 5.97 Å². The number of aromatic nitrogens is 2. The maximum Gasteiger partial charge on any atom is 0.335 e. The Labute approximate surface area is 262 Å². The third-order valence-electron chi connectivity index (χ3n) is 9.65. The number of hydrogen-bond acceptors (Lipinski definition) is 7. The van der Waals surface area contributed by atoms with Crippen molar-refractivity contribution in [1.82, 2.24) is 14.5 Å². The quantitative estimate of drug-likeness (QED) is 0.266. The molecular formula is C33H31ClF2N4O5. The number of piperazine rings is 1. The third-order valence-corrected chi connectivity index (χ3v) is 9.88. The van der Waals surface area contributed by atoms with Crippen LogP contribution in [0.4, 0.5) is 14.5 Å². The van der Waals surface area contributed by atoms with E-state index in [-0.39, 0.29) is 34.8 Å². The van der Waals surface area contributed by atoms with Crippen molar-refractivity contribution in [1.29, 1.82) is 0 Å². The Morgan fingerprint density at radius 2 is 1.89 bits per heavy atom. The van der Waals surface area contributed by atoms with Crippen LogP contribution in [0.15, 0.2) is 48.5 Å². The molecule has 45 heavy (non-hydrogen) atoms. The Bertz CT molecular complexity index is 1850. The molecule has 9 nitrogen and oxygen atoms in total. The molecule has 1 saturated carbocycles. The van der Waals surface area contributed by atoms with E-state index in [0.29, 0.717) is 54.1 Å². The number of aromatic carboxylic acids is 1. The second-order valence-corrected chi connectivity index (χ2v) is 12.7. The van der Waals surface area contributed by atoms with E-state index in [1.54, 1.807) is 19.1 Å². The molecule has 0 unspecified atom stereocenters. The van der Waals surface area contributed by atoms with Gasteiger partial charge in [0.15, 0.2) is 17.3 Å². The van der Waals surface area contributed by atoms with E-state index in [2.05, 4.69) is 9.80 Å². The van der Waals surface area contributed by atoms with Crippen LogP contribution in [-0.4, -0.2) is 63.4 Å². The number of fused-ring (bicyclic) bond motifs is 3. The van der Waals surface area contributed by atoms with Crippen molar-refractivity contribution in [2.45, 2.75) is 63.3 Å². The molecule has 8 rings (SSSR count). The van der Waals surface area contributed by atoms with Crippen LogP contribution in [0.5, 0.6) is 11.5 Å². The SMILES string of the molecule is C[C@]1(c2ccc(Cl)cc2F)Oc2cccc(N3CCN(Cc4nc5c(F)cc(C(=O)O)cc5n4C[C@@H]4CCO4)[C@@H]4CC[C@H]43)c2O1. The molecule has 3 fully saturated rings. The molecule has 2 saturated heterocycles. The maximum atomic E-state index is 15.1. The molecule has 0 amide bonds. The highest BCUT2D eigenvalue weighted by Crippen LogP contribution is 2.51. The predicted octanol–water partition coefficient (Wildman–Crippen LogP) is 5.95. The molecule has 0 radical (unpaired) electrons.